The summed E-state index contributed by atoms with van der Waals surface area (Å²) in [6, 6.07) is 3.58. The number of nitrogens with one attached hydrogen (secondary N) is 2. The first-order valence-electron chi connectivity index (χ1n) is 6.89. The molecule has 2 heterocycles. The first kappa shape index (κ1) is 12.8. The lowest BCUT2D eigenvalue weighted by molar-refractivity contribution is 0.0929. The molecule has 0 radical (unpaired) electrons. The molecular formula is C15H18N4O. The van der Waals surface area contributed by atoms with Crippen molar-refractivity contribution in [1.29, 1.82) is 0 Å². The quantitative estimate of drug-likeness (QED) is 0.895. The highest BCUT2D eigenvalue weighted by Gasteiger charge is 2.35. The maximum absolute atomic E-state index is 12.3. The van der Waals surface area contributed by atoms with Crippen molar-refractivity contribution in [3.8, 4) is 0 Å². The van der Waals surface area contributed by atoms with Gasteiger partial charge in [-0.25, -0.2) is 9.97 Å². The summed E-state index contributed by atoms with van der Waals surface area (Å²) in [5, 5.41) is 3.08. The number of hydrogen-bond donors (Lipinski definition) is 2. The van der Waals surface area contributed by atoms with E-state index >= 15 is 0 Å². The summed E-state index contributed by atoms with van der Waals surface area (Å²) in [6.07, 6.45) is 5.77. The summed E-state index contributed by atoms with van der Waals surface area (Å²) < 4.78 is 0. The van der Waals surface area contributed by atoms with Crippen molar-refractivity contribution in [2.45, 2.75) is 32.7 Å². The van der Waals surface area contributed by atoms with Crippen LogP contribution in [0.2, 0.25) is 0 Å². The van der Waals surface area contributed by atoms with E-state index in [1.54, 1.807) is 18.5 Å². The third-order valence-electron chi connectivity index (χ3n) is 3.67. The first-order valence-corrected chi connectivity index (χ1v) is 6.89. The monoisotopic (exact) mass is 270 g/mol. The normalized spacial score (nSPS) is 15.9. The third-order valence-corrected chi connectivity index (χ3v) is 3.67. The second kappa shape index (κ2) is 5.07. The van der Waals surface area contributed by atoms with Crippen LogP contribution in [0.4, 0.5) is 0 Å². The number of hydrogen-bond acceptors (Lipinski definition) is 3. The van der Waals surface area contributed by atoms with E-state index in [9.17, 15) is 4.79 Å². The zero-order valence-electron chi connectivity index (χ0n) is 11.7. The average molecular weight is 270 g/mol. The molecule has 2 N–H and O–H groups in total. The highest BCUT2D eigenvalue weighted by molar-refractivity contribution is 5.95. The molecule has 2 aromatic heterocycles. The molecule has 1 unspecified atom stereocenters. The van der Waals surface area contributed by atoms with Gasteiger partial charge in [0.1, 0.15) is 0 Å². The van der Waals surface area contributed by atoms with Crippen LogP contribution in [0.3, 0.4) is 0 Å². The molecule has 3 rings (SSSR count). The van der Waals surface area contributed by atoms with Gasteiger partial charge in [-0.3, -0.25) is 4.79 Å². The molecular weight excluding hydrogens is 252 g/mol. The Hall–Kier alpha value is -2.17. The van der Waals surface area contributed by atoms with Gasteiger partial charge >= 0.3 is 0 Å². The van der Waals surface area contributed by atoms with Gasteiger partial charge in [-0.05, 0) is 44.7 Å². The SMILES string of the molecule is Cc1ccnc(C(NC(=O)c2cc[nH]c2C)C2CC2)n1. The van der Waals surface area contributed by atoms with E-state index < -0.39 is 0 Å². The molecule has 0 bridgehead atoms. The molecule has 0 spiro atoms. The number of aryl methyl sites for hydroxylation is 2. The van der Waals surface area contributed by atoms with Gasteiger partial charge in [0.15, 0.2) is 5.82 Å². The lowest BCUT2D eigenvalue weighted by Gasteiger charge is -2.17. The maximum atomic E-state index is 12.3. The van der Waals surface area contributed by atoms with Crippen LogP contribution in [0, 0.1) is 19.8 Å². The van der Waals surface area contributed by atoms with Crippen molar-refractivity contribution in [1.82, 2.24) is 20.3 Å². The lowest BCUT2D eigenvalue weighted by Crippen LogP contribution is -2.31. The number of aromatic amines is 1. The molecule has 0 aliphatic heterocycles. The minimum atomic E-state index is -0.0864. The molecule has 1 aliphatic rings. The van der Waals surface area contributed by atoms with Crippen LogP contribution in [0.5, 0.6) is 0 Å². The summed E-state index contributed by atoms with van der Waals surface area (Å²) in [5.41, 5.74) is 2.48. The second-order valence-corrected chi connectivity index (χ2v) is 5.36. The van der Waals surface area contributed by atoms with E-state index in [0.29, 0.717) is 17.3 Å². The van der Waals surface area contributed by atoms with Crippen LogP contribution in [-0.4, -0.2) is 20.9 Å². The number of aromatic nitrogens is 3. The number of nitrogens with zero attached hydrogens (tertiary/aromatic N) is 2. The van der Waals surface area contributed by atoms with E-state index in [1.807, 2.05) is 19.9 Å². The lowest BCUT2D eigenvalue weighted by atomic mass is 10.1. The fraction of sp³-hybridized carbons (Fsp3) is 0.400. The Morgan fingerprint density at radius 2 is 2.20 bits per heavy atom. The highest BCUT2D eigenvalue weighted by Crippen LogP contribution is 2.40. The van der Waals surface area contributed by atoms with Gasteiger partial charge in [0.2, 0.25) is 0 Å². The largest absolute Gasteiger partial charge is 0.365 e. The molecule has 2 aromatic rings. The molecule has 0 aromatic carbocycles. The van der Waals surface area contributed by atoms with Gasteiger partial charge in [0.05, 0.1) is 11.6 Å². The molecule has 5 nitrogen and oxygen atoms in total. The molecule has 104 valence electrons. The van der Waals surface area contributed by atoms with Gasteiger partial charge in [-0.1, -0.05) is 0 Å². The maximum Gasteiger partial charge on any atom is 0.253 e. The predicted molar refractivity (Wildman–Crippen MR) is 75.2 cm³/mol. The van der Waals surface area contributed by atoms with Crippen LogP contribution >= 0.6 is 0 Å². The fourth-order valence-electron chi connectivity index (χ4n) is 2.36. The fourth-order valence-corrected chi connectivity index (χ4v) is 2.36. The summed E-state index contributed by atoms with van der Waals surface area (Å²) in [7, 11) is 0. The average Bonchev–Trinajstić information content (AvgIpc) is 3.17. The van der Waals surface area contributed by atoms with Crippen molar-refractivity contribution in [3.05, 3.63) is 47.3 Å². The Labute approximate surface area is 117 Å². The van der Waals surface area contributed by atoms with Crippen molar-refractivity contribution in [3.63, 3.8) is 0 Å². The van der Waals surface area contributed by atoms with Crippen LogP contribution in [-0.2, 0) is 0 Å². The van der Waals surface area contributed by atoms with Gasteiger partial charge in [0.25, 0.3) is 5.91 Å². The number of H-pyrrole nitrogens is 1. The van der Waals surface area contributed by atoms with Gasteiger partial charge in [-0.2, -0.15) is 0 Å². The van der Waals surface area contributed by atoms with Crippen molar-refractivity contribution in [2.24, 2.45) is 5.92 Å². The molecule has 1 saturated carbocycles. The molecule has 1 amide bonds. The standard InChI is InChI=1S/C15H18N4O/c1-9-5-7-17-14(18-9)13(11-3-4-11)19-15(20)12-6-8-16-10(12)2/h5-8,11,13,16H,3-4H2,1-2H3,(H,19,20). The molecule has 20 heavy (non-hydrogen) atoms. The number of carbonyl (C=O) groups is 1. The van der Waals surface area contributed by atoms with Gasteiger partial charge in [0, 0.05) is 23.8 Å². The highest BCUT2D eigenvalue weighted by atomic mass is 16.1. The molecule has 1 atom stereocenters. The van der Waals surface area contributed by atoms with Crippen LogP contribution in [0.25, 0.3) is 0 Å². The first-order chi connectivity index (χ1) is 9.65. The number of amides is 1. The Morgan fingerprint density at radius 3 is 2.80 bits per heavy atom. The number of carbonyl (C=O) groups excluding carboxylic acids is 1. The summed E-state index contributed by atoms with van der Waals surface area (Å²) in [5.74, 6) is 1.11. The van der Waals surface area contributed by atoms with E-state index in [4.69, 9.17) is 0 Å². The summed E-state index contributed by atoms with van der Waals surface area (Å²) in [4.78, 5) is 24.1. The topological polar surface area (TPSA) is 70.7 Å². The van der Waals surface area contributed by atoms with Crippen LogP contribution in [0.15, 0.2) is 24.5 Å². The van der Waals surface area contributed by atoms with E-state index in [1.165, 1.54) is 0 Å². The van der Waals surface area contributed by atoms with E-state index in [0.717, 1.165) is 24.2 Å². The minimum Gasteiger partial charge on any atom is -0.365 e. The molecule has 1 aliphatic carbocycles. The zero-order chi connectivity index (χ0) is 14.1. The van der Waals surface area contributed by atoms with Crippen LogP contribution < -0.4 is 5.32 Å². The number of rotatable bonds is 4. The van der Waals surface area contributed by atoms with Gasteiger partial charge < -0.3 is 10.3 Å². The Balaban J connectivity index is 1.82. The van der Waals surface area contributed by atoms with Crippen molar-refractivity contribution < 1.29 is 4.79 Å². The summed E-state index contributed by atoms with van der Waals surface area (Å²) in [6.45, 7) is 3.83. The van der Waals surface area contributed by atoms with Crippen molar-refractivity contribution >= 4 is 5.91 Å². The molecule has 0 saturated heterocycles. The van der Waals surface area contributed by atoms with E-state index in [2.05, 4.69) is 20.3 Å². The summed E-state index contributed by atoms with van der Waals surface area (Å²) >= 11 is 0. The predicted octanol–water partition coefficient (Wildman–Crippen LogP) is 2.30. The van der Waals surface area contributed by atoms with Crippen LogP contribution in [0.1, 0.15) is 46.5 Å². The Bertz CT molecular complexity index is 630. The zero-order valence-corrected chi connectivity index (χ0v) is 11.7. The van der Waals surface area contributed by atoms with E-state index in [-0.39, 0.29) is 11.9 Å². The minimum absolute atomic E-state index is 0.0641. The Morgan fingerprint density at radius 1 is 1.40 bits per heavy atom. The third kappa shape index (κ3) is 2.57. The van der Waals surface area contributed by atoms with Crippen molar-refractivity contribution in [2.75, 3.05) is 0 Å². The molecule has 1 fully saturated rings. The molecule has 5 heteroatoms. The smallest absolute Gasteiger partial charge is 0.253 e. The second-order valence-electron chi connectivity index (χ2n) is 5.36. The van der Waals surface area contributed by atoms with Gasteiger partial charge in [-0.15, -0.1) is 0 Å². The Kier molecular flexibility index (Phi) is 3.26.